The van der Waals surface area contributed by atoms with E-state index in [4.69, 9.17) is 16.3 Å². The number of sulfonamides is 1. The predicted molar refractivity (Wildman–Crippen MR) is 153 cm³/mol. The second kappa shape index (κ2) is 13.6. The number of methoxy groups -OCH3 is 1. The minimum absolute atomic E-state index is 0.0368. The molecule has 3 aromatic carbocycles. The monoisotopic (exact) mass is 589 g/mol. The van der Waals surface area contributed by atoms with Crippen molar-refractivity contribution < 1.29 is 27.1 Å². The van der Waals surface area contributed by atoms with Gasteiger partial charge in [-0.2, -0.15) is 0 Å². The molecule has 0 fully saturated rings. The zero-order valence-electron chi connectivity index (χ0n) is 22.8. The van der Waals surface area contributed by atoms with E-state index in [1.54, 1.807) is 24.3 Å². The highest BCUT2D eigenvalue weighted by molar-refractivity contribution is 7.92. The van der Waals surface area contributed by atoms with E-state index in [2.05, 4.69) is 5.32 Å². The molecule has 0 bridgehead atoms. The molecular formula is C29H33ClFN3O5S. The number of nitrogens with one attached hydrogen (secondary N) is 1. The highest BCUT2D eigenvalue weighted by Crippen LogP contribution is 2.35. The van der Waals surface area contributed by atoms with Crippen LogP contribution in [0.2, 0.25) is 5.02 Å². The molecule has 2 atom stereocenters. The lowest BCUT2D eigenvalue weighted by atomic mass is 10.1. The Balaban J connectivity index is 2.09. The van der Waals surface area contributed by atoms with E-state index in [1.165, 1.54) is 67.5 Å². The van der Waals surface area contributed by atoms with Crippen molar-refractivity contribution in [2.24, 2.45) is 0 Å². The highest BCUT2D eigenvalue weighted by atomic mass is 35.5. The molecule has 1 N–H and O–H groups in total. The molecule has 0 saturated heterocycles. The van der Waals surface area contributed by atoms with Gasteiger partial charge in [0.2, 0.25) is 11.8 Å². The third-order valence-corrected chi connectivity index (χ3v) is 8.50. The molecule has 0 heterocycles. The summed E-state index contributed by atoms with van der Waals surface area (Å²) < 4.78 is 48.7. The number of nitrogens with zero attached hydrogens (tertiary/aromatic N) is 2. The van der Waals surface area contributed by atoms with Crippen LogP contribution < -0.4 is 14.4 Å². The Hall–Kier alpha value is -3.63. The Bertz CT molecular complexity index is 1440. The number of hydrogen-bond acceptors (Lipinski definition) is 5. The third-order valence-electron chi connectivity index (χ3n) is 6.49. The van der Waals surface area contributed by atoms with Crippen LogP contribution in [0.4, 0.5) is 10.1 Å². The van der Waals surface area contributed by atoms with Crippen molar-refractivity contribution in [2.45, 2.75) is 50.7 Å². The number of benzene rings is 3. The van der Waals surface area contributed by atoms with E-state index in [-0.39, 0.29) is 39.5 Å². The number of anilines is 1. The topological polar surface area (TPSA) is 96.0 Å². The average molecular weight is 590 g/mol. The van der Waals surface area contributed by atoms with Gasteiger partial charge in [-0.3, -0.25) is 13.9 Å². The Labute approximate surface area is 239 Å². The normalized spacial score (nSPS) is 12.8. The lowest BCUT2D eigenvalue weighted by Crippen LogP contribution is -2.52. The molecule has 0 spiro atoms. The number of amides is 2. The van der Waals surface area contributed by atoms with Gasteiger partial charge in [0, 0.05) is 23.2 Å². The number of carbonyl (C=O) groups is 2. The quantitative estimate of drug-likeness (QED) is 0.320. The lowest BCUT2D eigenvalue weighted by Gasteiger charge is -2.33. The molecule has 0 radical (unpaired) electrons. The predicted octanol–water partition coefficient (Wildman–Crippen LogP) is 5.02. The van der Waals surface area contributed by atoms with Crippen LogP contribution in [0.3, 0.4) is 0 Å². The molecule has 11 heteroatoms. The summed E-state index contributed by atoms with van der Waals surface area (Å²) in [6.45, 7) is 4.29. The molecule has 214 valence electrons. The first kappa shape index (κ1) is 30.9. The van der Waals surface area contributed by atoms with Crippen LogP contribution in [0.25, 0.3) is 0 Å². The van der Waals surface area contributed by atoms with Gasteiger partial charge < -0.3 is 15.0 Å². The first-order valence-electron chi connectivity index (χ1n) is 12.7. The summed E-state index contributed by atoms with van der Waals surface area (Å²) in [5.41, 5.74) is 0.214. The van der Waals surface area contributed by atoms with Gasteiger partial charge in [0.1, 0.15) is 24.2 Å². The average Bonchev–Trinajstić information content (AvgIpc) is 2.95. The summed E-state index contributed by atoms with van der Waals surface area (Å²) in [5, 5.41) is 3.06. The van der Waals surface area contributed by atoms with Crippen LogP contribution in [0.5, 0.6) is 5.75 Å². The second-order valence-corrected chi connectivity index (χ2v) is 11.5. The van der Waals surface area contributed by atoms with Crippen LogP contribution >= 0.6 is 11.6 Å². The zero-order valence-corrected chi connectivity index (χ0v) is 24.4. The van der Waals surface area contributed by atoms with Crippen LogP contribution in [-0.2, 0) is 26.2 Å². The molecule has 0 aliphatic heterocycles. The molecule has 8 nitrogen and oxygen atoms in total. The number of halogens is 2. The molecule has 0 aliphatic rings. The van der Waals surface area contributed by atoms with E-state index < -0.39 is 40.2 Å². The third kappa shape index (κ3) is 7.31. The van der Waals surface area contributed by atoms with Crippen molar-refractivity contribution in [1.29, 1.82) is 0 Å². The fourth-order valence-corrected chi connectivity index (χ4v) is 5.55. The van der Waals surface area contributed by atoms with Crippen molar-refractivity contribution in [3.8, 4) is 5.75 Å². The molecule has 3 aromatic rings. The van der Waals surface area contributed by atoms with Gasteiger partial charge in [0.25, 0.3) is 10.0 Å². The standard InChI is InChI=1S/C29H33ClFN3O5S/c1-5-20(2)32-29(36)21(3)33(18-22-11-9-10-14-25(22)31)28(35)19-34(26-17-23(30)15-16-27(26)39-4)40(37,38)24-12-7-6-8-13-24/h6-17,20-21H,5,18-19H2,1-4H3,(H,32,36)/t20-,21+/m1/s1. The van der Waals surface area contributed by atoms with Gasteiger partial charge in [-0.1, -0.05) is 54.9 Å². The maximum absolute atomic E-state index is 14.6. The van der Waals surface area contributed by atoms with Gasteiger partial charge in [-0.15, -0.1) is 0 Å². The van der Waals surface area contributed by atoms with Gasteiger partial charge in [-0.25, -0.2) is 12.8 Å². The SMILES string of the molecule is CC[C@@H](C)NC(=O)[C@H](C)N(Cc1ccccc1F)C(=O)CN(c1cc(Cl)ccc1OC)S(=O)(=O)c1ccccc1. The Morgan fingerprint density at radius 2 is 1.68 bits per heavy atom. The number of hydrogen-bond donors (Lipinski definition) is 1. The Morgan fingerprint density at radius 3 is 2.30 bits per heavy atom. The summed E-state index contributed by atoms with van der Waals surface area (Å²) >= 11 is 6.22. The molecule has 3 rings (SSSR count). The van der Waals surface area contributed by atoms with Crippen LogP contribution in [-0.4, -0.2) is 50.9 Å². The minimum Gasteiger partial charge on any atom is -0.495 e. The van der Waals surface area contributed by atoms with Gasteiger partial charge in [0.15, 0.2) is 0 Å². The van der Waals surface area contributed by atoms with Gasteiger partial charge >= 0.3 is 0 Å². The van der Waals surface area contributed by atoms with Crippen molar-refractivity contribution in [1.82, 2.24) is 10.2 Å². The fraction of sp³-hybridized carbons (Fsp3) is 0.310. The zero-order chi connectivity index (χ0) is 29.4. The number of ether oxygens (including phenoxy) is 1. The second-order valence-electron chi connectivity index (χ2n) is 9.25. The van der Waals surface area contributed by atoms with E-state index >= 15 is 0 Å². The van der Waals surface area contributed by atoms with Crippen LogP contribution in [0.1, 0.15) is 32.8 Å². The Morgan fingerprint density at radius 1 is 1.02 bits per heavy atom. The molecule has 0 aliphatic carbocycles. The molecular weight excluding hydrogens is 557 g/mol. The van der Waals surface area contributed by atoms with Crippen molar-refractivity contribution in [2.75, 3.05) is 18.0 Å². The maximum Gasteiger partial charge on any atom is 0.264 e. The molecule has 0 aromatic heterocycles. The first-order valence-corrected chi connectivity index (χ1v) is 14.6. The number of carbonyl (C=O) groups excluding carboxylic acids is 2. The van der Waals surface area contributed by atoms with Gasteiger partial charge in [-0.05, 0) is 56.7 Å². The summed E-state index contributed by atoms with van der Waals surface area (Å²) in [7, 11) is -2.94. The Kier molecular flexibility index (Phi) is 10.5. The summed E-state index contributed by atoms with van der Waals surface area (Å²) in [6, 6.07) is 16.7. The summed E-state index contributed by atoms with van der Waals surface area (Å²) in [4.78, 5) is 28.1. The van der Waals surface area contributed by atoms with Crippen molar-refractivity contribution in [3.05, 3.63) is 89.2 Å². The molecule has 0 saturated carbocycles. The molecule has 0 unspecified atom stereocenters. The van der Waals surface area contributed by atoms with E-state index in [9.17, 15) is 22.4 Å². The van der Waals surface area contributed by atoms with Gasteiger partial charge in [0.05, 0.1) is 17.7 Å². The van der Waals surface area contributed by atoms with E-state index in [0.29, 0.717) is 6.42 Å². The molecule has 40 heavy (non-hydrogen) atoms. The molecule has 2 amide bonds. The smallest absolute Gasteiger partial charge is 0.264 e. The lowest BCUT2D eigenvalue weighted by molar-refractivity contribution is -0.139. The fourth-order valence-electron chi connectivity index (χ4n) is 3.95. The van der Waals surface area contributed by atoms with Crippen LogP contribution in [0, 0.1) is 5.82 Å². The van der Waals surface area contributed by atoms with Crippen molar-refractivity contribution >= 4 is 39.1 Å². The maximum atomic E-state index is 14.6. The minimum atomic E-state index is -4.31. The summed E-state index contributed by atoms with van der Waals surface area (Å²) in [5.74, 6) is -1.56. The summed E-state index contributed by atoms with van der Waals surface area (Å²) in [6.07, 6.45) is 0.664. The van der Waals surface area contributed by atoms with Crippen molar-refractivity contribution in [3.63, 3.8) is 0 Å². The highest BCUT2D eigenvalue weighted by Gasteiger charge is 2.34. The largest absolute Gasteiger partial charge is 0.495 e. The number of rotatable bonds is 12. The van der Waals surface area contributed by atoms with E-state index in [1.807, 2.05) is 13.8 Å². The first-order chi connectivity index (χ1) is 19.0. The van der Waals surface area contributed by atoms with E-state index in [0.717, 1.165) is 4.31 Å². The van der Waals surface area contributed by atoms with Crippen LogP contribution in [0.15, 0.2) is 77.7 Å².